The quantitative estimate of drug-likeness (QED) is 0.786. The lowest BCUT2D eigenvalue weighted by Gasteiger charge is -2.47. The van der Waals surface area contributed by atoms with Crippen LogP contribution < -0.4 is 0 Å². The molecule has 1 aromatic rings. The molecule has 0 N–H and O–H groups in total. The molecule has 1 spiro atoms. The first-order chi connectivity index (χ1) is 9.57. The Hall–Kier alpha value is -1.19. The molecule has 3 fully saturated rings. The summed E-state index contributed by atoms with van der Waals surface area (Å²) in [6.45, 7) is 4.16. The van der Waals surface area contributed by atoms with Gasteiger partial charge in [0.1, 0.15) is 11.7 Å². The molecule has 1 saturated carbocycles. The van der Waals surface area contributed by atoms with E-state index in [1.165, 1.54) is 5.56 Å². The molecule has 1 aliphatic carbocycles. The second-order valence-electron chi connectivity index (χ2n) is 6.67. The van der Waals surface area contributed by atoms with Crippen LogP contribution >= 0.6 is 0 Å². The van der Waals surface area contributed by atoms with Crippen molar-refractivity contribution in [3.05, 3.63) is 35.4 Å². The minimum Gasteiger partial charge on any atom is -0.335 e. The van der Waals surface area contributed by atoms with Gasteiger partial charge in [0.05, 0.1) is 5.41 Å². The third-order valence-corrected chi connectivity index (χ3v) is 5.55. The predicted octanol–water partition coefficient (Wildman–Crippen LogP) is 3.31. The standard InChI is InChI=1S/C17H20O3/c1-11-5-7-12(8-6-11)14-17-10-4-3-9-16(17,2)13(18)15(19-14)20-17/h5-8,14-15H,3-4,9-10H2,1-2H3/t14-,15+,16-,17+/m1/s1. The first kappa shape index (κ1) is 12.5. The molecule has 2 bridgehead atoms. The SMILES string of the molecule is Cc1ccc([C@H]2O[C@H]3O[C@@]24CCCC[C@]4(C)C3=O)cc1. The Morgan fingerprint density at radius 2 is 1.85 bits per heavy atom. The van der Waals surface area contributed by atoms with Gasteiger partial charge in [0.25, 0.3) is 0 Å². The maximum absolute atomic E-state index is 12.5. The number of ether oxygens (including phenoxy) is 2. The van der Waals surface area contributed by atoms with Gasteiger partial charge in [-0.25, -0.2) is 0 Å². The summed E-state index contributed by atoms with van der Waals surface area (Å²) < 4.78 is 12.1. The summed E-state index contributed by atoms with van der Waals surface area (Å²) in [5.41, 5.74) is 1.56. The van der Waals surface area contributed by atoms with Crippen molar-refractivity contribution in [1.29, 1.82) is 0 Å². The number of benzene rings is 1. The van der Waals surface area contributed by atoms with Crippen LogP contribution in [0.25, 0.3) is 0 Å². The molecule has 0 amide bonds. The molecular formula is C17H20O3. The molecular weight excluding hydrogens is 252 g/mol. The highest BCUT2D eigenvalue weighted by molar-refractivity contribution is 5.92. The number of aryl methyl sites for hydroxylation is 1. The van der Waals surface area contributed by atoms with E-state index < -0.39 is 11.9 Å². The van der Waals surface area contributed by atoms with Crippen molar-refractivity contribution in [2.24, 2.45) is 5.41 Å². The average molecular weight is 272 g/mol. The number of carbonyl (C=O) groups excluding carboxylic acids is 1. The lowest BCUT2D eigenvalue weighted by molar-refractivity contribution is -0.153. The molecule has 4 rings (SSSR count). The highest BCUT2D eigenvalue weighted by Gasteiger charge is 2.72. The number of hydrogen-bond donors (Lipinski definition) is 0. The maximum atomic E-state index is 12.5. The first-order valence-electron chi connectivity index (χ1n) is 7.51. The van der Waals surface area contributed by atoms with Crippen LogP contribution in [0.1, 0.15) is 49.8 Å². The van der Waals surface area contributed by atoms with Crippen molar-refractivity contribution < 1.29 is 14.3 Å². The van der Waals surface area contributed by atoms with Gasteiger partial charge in [0.2, 0.25) is 6.29 Å². The van der Waals surface area contributed by atoms with Crippen molar-refractivity contribution in [3.8, 4) is 0 Å². The zero-order chi connectivity index (χ0) is 14.0. The van der Waals surface area contributed by atoms with Gasteiger partial charge < -0.3 is 9.47 Å². The van der Waals surface area contributed by atoms with Crippen molar-refractivity contribution in [2.45, 2.75) is 57.5 Å². The van der Waals surface area contributed by atoms with Crippen LogP contribution in [0.5, 0.6) is 0 Å². The van der Waals surface area contributed by atoms with E-state index >= 15 is 0 Å². The fraction of sp³-hybridized carbons (Fsp3) is 0.588. The van der Waals surface area contributed by atoms with Crippen LogP contribution in [-0.4, -0.2) is 17.7 Å². The summed E-state index contributed by atoms with van der Waals surface area (Å²) in [6, 6.07) is 8.42. The van der Waals surface area contributed by atoms with E-state index in [0.717, 1.165) is 31.2 Å². The van der Waals surface area contributed by atoms with Crippen molar-refractivity contribution >= 4 is 5.78 Å². The number of hydrogen-bond acceptors (Lipinski definition) is 3. The minimum atomic E-state index is -0.649. The zero-order valence-corrected chi connectivity index (χ0v) is 12.0. The molecule has 1 aromatic carbocycles. The summed E-state index contributed by atoms with van der Waals surface area (Å²) >= 11 is 0. The summed E-state index contributed by atoms with van der Waals surface area (Å²) in [5, 5.41) is 0. The number of Topliss-reactive ketones (excluding diaryl/α,β-unsaturated/α-hetero) is 1. The molecule has 0 unspecified atom stereocenters. The number of fused-ring (bicyclic) bond motifs is 1. The van der Waals surface area contributed by atoms with Crippen LogP contribution in [0.15, 0.2) is 24.3 Å². The number of ketones is 1. The Labute approximate surface area is 119 Å². The third-order valence-electron chi connectivity index (χ3n) is 5.55. The van der Waals surface area contributed by atoms with Gasteiger partial charge in [-0.1, -0.05) is 42.7 Å². The van der Waals surface area contributed by atoms with Gasteiger partial charge in [-0.15, -0.1) is 0 Å². The highest BCUT2D eigenvalue weighted by atomic mass is 16.8. The van der Waals surface area contributed by atoms with Gasteiger partial charge >= 0.3 is 0 Å². The van der Waals surface area contributed by atoms with Crippen molar-refractivity contribution in [2.75, 3.05) is 0 Å². The van der Waals surface area contributed by atoms with Crippen LogP contribution in [-0.2, 0) is 14.3 Å². The molecule has 0 aromatic heterocycles. The Morgan fingerprint density at radius 3 is 2.60 bits per heavy atom. The van der Waals surface area contributed by atoms with E-state index in [4.69, 9.17) is 9.47 Å². The van der Waals surface area contributed by atoms with E-state index in [-0.39, 0.29) is 17.3 Å². The molecule has 3 nitrogen and oxygen atoms in total. The van der Waals surface area contributed by atoms with Gasteiger partial charge in [-0.05, 0) is 32.3 Å². The summed E-state index contributed by atoms with van der Waals surface area (Å²) in [6.07, 6.45) is 3.32. The van der Waals surface area contributed by atoms with Gasteiger partial charge in [0, 0.05) is 0 Å². The average Bonchev–Trinajstić information content (AvgIpc) is 2.92. The molecule has 2 saturated heterocycles. The van der Waals surface area contributed by atoms with Gasteiger partial charge in [-0.2, -0.15) is 0 Å². The molecule has 3 heteroatoms. The molecule has 20 heavy (non-hydrogen) atoms. The fourth-order valence-corrected chi connectivity index (χ4v) is 4.27. The van der Waals surface area contributed by atoms with E-state index in [9.17, 15) is 4.79 Å². The van der Waals surface area contributed by atoms with E-state index in [0.29, 0.717) is 0 Å². The third kappa shape index (κ3) is 1.35. The van der Waals surface area contributed by atoms with Crippen LogP contribution in [0, 0.1) is 12.3 Å². The second-order valence-corrected chi connectivity index (χ2v) is 6.67. The van der Waals surface area contributed by atoms with Gasteiger partial charge in [-0.3, -0.25) is 4.79 Å². The van der Waals surface area contributed by atoms with E-state index in [1.807, 2.05) is 0 Å². The lowest BCUT2D eigenvalue weighted by atomic mass is 9.59. The molecule has 3 aliphatic rings. The smallest absolute Gasteiger partial charge is 0.219 e. The highest BCUT2D eigenvalue weighted by Crippen LogP contribution is 2.64. The lowest BCUT2D eigenvalue weighted by Crippen LogP contribution is -2.54. The summed E-state index contributed by atoms with van der Waals surface area (Å²) in [4.78, 5) is 12.5. The molecule has 2 heterocycles. The van der Waals surface area contributed by atoms with Crippen molar-refractivity contribution in [1.82, 2.24) is 0 Å². The Bertz CT molecular complexity index is 564. The van der Waals surface area contributed by atoms with Crippen LogP contribution in [0.3, 0.4) is 0 Å². The van der Waals surface area contributed by atoms with Gasteiger partial charge in [0.15, 0.2) is 5.78 Å². The van der Waals surface area contributed by atoms with E-state index in [1.54, 1.807) is 0 Å². The van der Waals surface area contributed by atoms with E-state index in [2.05, 4.69) is 38.1 Å². The maximum Gasteiger partial charge on any atom is 0.219 e. The largest absolute Gasteiger partial charge is 0.335 e. The fourth-order valence-electron chi connectivity index (χ4n) is 4.27. The Kier molecular flexibility index (Phi) is 2.46. The molecule has 4 atom stereocenters. The molecule has 106 valence electrons. The molecule has 2 aliphatic heterocycles. The second kappa shape index (κ2) is 3.92. The van der Waals surface area contributed by atoms with Crippen molar-refractivity contribution in [3.63, 3.8) is 0 Å². The Balaban J connectivity index is 1.80. The molecule has 0 radical (unpaired) electrons. The van der Waals surface area contributed by atoms with Crippen LogP contribution in [0.2, 0.25) is 0 Å². The Morgan fingerprint density at radius 1 is 1.15 bits per heavy atom. The van der Waals surface area contributed by atoms with Crippen LogP contribution in [0.4, 0.5) is 0 Å². The predicted molar refractivity (Wildman–Crippen MR) is 74.2 cm³/mol. The minimum absolute atomic E-state index is 0.101. The number of carbonyl (C=O) groups is 1. The summed E-state index contributed by atoms with van der Waals surface area (Å²) in [5.74, 6) is 0.153. The monoisotopic (exact) mass is 272 g/mol. The topological polar surface area (TPSA) is 35.5 Å². The normalized spacial score (nSPS) is 42.8. The zero-order valence-electron chi connectivity index (χ0n) is 12.0. The summed E-state index contributed by atoms with van der Waals surface area (Å²) in [7, 11) is 0. The number of rotatable bonds is 1. The first-order valence-corrected chi connectivity index (χ1v) is 7.51.